The summed E-state index contributed by atoms with van der Waals surface area (Å²) < 4.78 is 11.8. The Morgan fingerprint density at radius 1 is 0.879 bits per heavy atom. The van der Waals surface area contributed by atoms with Crippen molar-refractivity contribution in [2.45, 2.75) is 26.8 Å². The monoisotopic (exact) mass is 445 g/mol. The van der Waals surface area contributed by atoms with Crippen molar-refractivity contribution in [1.29, 1.82) is 0 Å². The number of nitrogens with zero attached hydrogens (tertiary/aromatic N) is 3. The predicted octanol–water partition coefficient (Wildman–Crippen LogP) is 4.34. The van der Waals surface area contributed by atoms with Crippen LogP contribution >= 0.6 is 0 Å². The summed E-state index contributed by atoms with van der Waals surface area (Å²) in [4.78, 5) is 23.7. The van der Waals surface area contributed by atoms with Crippen molar-refractivity contribution < 1.29 is 19.1 Å². The average Bonchev–Trinajstić information content (AvgIpc) is 3.29. The molecule has 2 aromatic carbocycles. The van der Waals surface area contributed by atoms with Crippen LogP contribution in [-0.2, 0) is 32.0 Å². The first-order valence-electron chi connectivity index (χ1n) is 10.9. The van der Waals surface area contributed by atoms with Crippen molar-refractivity contribution in [3.05, 3.63) is 83.6 Å². The van der Waals surface area contributed by atoms with E-state index in [9.17, 15) is 9.59 Å². The predicted molar refractivity (Wildman–Crippen MR) is 127 cm³/mol. The van der Waals surface area contributed by atoms with Crippen LogP contribution in [0.1, 0.15) is 30.5 Å². The van der Waals surface area contributed by atoms with Crippen LogP contribution in [0.5, 0.6) is 0 Å². The zero-order chi connectivity index (χ0) is 23.5. The van der Waals surface area contributed by atoms with Gasteiger partial charge in [0.25, 0.3) is 0 Å². The number of esters is 2. The molecule has 0 aliphatic carbocycles. The van der Waals surface area contributed by atoms with Crippen molar-refractivity contribution in [1.82, 2.24) is 15.0 Å². The molecule has 0 atom stereocenters. The Morgan fingerprint density at radius 2 is 1.48 bits per heavy atom. The molecule has 0 aliphatic heterocycles. The highest BCUT2D eigenvalue weighted by Crippen LogP contribution is 2.28. The summed E-state index contributed by atoms with van der Waals surface area (Å²) in [5.74, 6) is -0.857. The van der Waals surface area contributed by atoms with E-state index < -0.39 is 11.9 Å². The lowest BCUT2D eigenvalue weighted by Gasteiger charge is -2.08. The van der Waals surface area contributed by atoms with E-state index in [1.807, 2.05) is 42.6 Å². The summed E-state index contributed by atoms with van der Waals surface area (Å²) in [7, 11) is 0. The highest BCUT2D eigenvalue weighted by atomic mass is 16.5. The normalized spacial score (nSPS) is 11.2. The van der Waals surface area contributed by atoms with Crippen LogP contribution in [0.2, 0.25) is 0 Å². The van der Waals surface area contributed by atoms with Crippen LogP contribution in [0.3, 0.4) is 0 Å². The maximum absolute atomic E-state index is 11.8. The quantitative estimate of drug-likeness (QED) is 0.341. The number of benzene rings is 2. The van der Waals surface area contributed by atoms with E-state index in [0.29, 0.717) is 25.5 Å². The largest absolute Gasteiger partial charge is 0.463 e. The molecule has 0 saturated carbocycles. The third-order valence-electron chi connectivity index (χ3n) is 4.77. The molecule has 0 radical (unpaired) electrons. The highest BCUT2D eigenvalue weighted by Gasteiger charge is 2.13. The van der Waals surface area contributed by atoms with Gasteiger partial charge in [-0.1, -0.05) is 53.7 Å². The van der Waals surface area contributed by atoms with E-state index in [-0.39, 0.29) is 0 Å². The van der Waals surface area contributed by atoms with Crippen molar-refractivity contribution in [3.8, 4) is 11.3 Å². The molecule has 33 heavy (non-hydrogen) atoms. The third kappa shape index (κ3) is 7.00. The number of aromatic nitrogens is 3. The van der Waals surface area contributed by atoms with E-state index in [2.05, 4.69) is 22.4 Å². The fraction of sp³-hybridized carbons (Fsp3) is 0.231. The number of carbonyl (C=O) groups excluding carboxylic acids is 2. The SMILES string of the molecule is CCOC(=O)/C=C/c1cccc(/C=C/C(=O)OCC)c1-c1cn(CCc2ccccc2)nn1. The Morgan fingerprint density at radius 3 is 2.06 bits per heavy atom. The summed E-state index contributed by atoms with van der Waals surface area (Å²) in [5.41, 5.74) is 4.11. The molecule has 0 aliphatic rings. The maximum atomic E-state index is 11.8. The highest BCUT2D eigenvalue weighted by molar-refractivity contribution is 5.92. The van der Waals surface area contributed by atoms with Gasteiger partial charge in [0, 0.05) is 24.3 Å². The van der Waals surface area contributed by atoms with Crippen LogP contribution in [0.4, 0.5) is 0 Å². The van der Waals surface area contributed by atoms with Gasteiger partial charge < -0.3 is 9.47 Å². The molecular weight excluding hydrogens is 418 g/mol. The molecule has 0 unspecified atom stereocenters. The minimum atomic E-state index is -0.428. The Labute approximate surface area is 193 Å². The molecule has 0 spiro atoms. The molecule has 0 amide bonds. The molecule has 3 rings (SSSR count). The summed E-state index contributed by atoms with van der Waals surface area (Å²) in [5, 5.41) is 8.63. The topological polar surface area (TPSA) is 83.3 Å². The lowest BCUT2D eigenvalue weighted by molar-refractivity contribution is -0.138. The fourth-order valence-corrected chi connectivity index (χ4v) is 3.27. The van der Waals surface area contributed by atoms with Crippen molar-refractivity contribution >= 4 is 24.1 Å². The van der Waals surface area contributed by atoms with Gasteiger partial charge in [-0.05, 0) is 49.1 Å². The van der Waals surface area contributed by atoms with Gasteiger partial charge in [-0.15, -0.1) is 5.10 Å². The van der Waals surface area contributed by atoms with Crippen LogP contribution in [-0.4, -0.2) is 40.1 Å². The number of ether oxygens (including phenoxy) is 2. The first-order chi connectivity index (χ1) is 16.1. The summed E-state index contributed by atoms with van der Waals surface area (Å²) in [6.45, 7) is 4.78. The molecule has 3 aromatic rings. The van der Waals surface area contributed by atoms with Gasteiger partial charge in [0.2, 0.25) is 0 Å². The standard InChI is InChI=1S/C26H27N3O4/c1-3-32-24(30)15-13-21-11-8-12-22(14-16-25(31)33-4-2)26(21)23-19-29(28-27-23)18-17-20-9-6-5-7-10-20/h5-16,19H,3-4,17-18H2,1-2H3/b15-13+,16-14+. The van der Waals surface area contributed by atoms with Gasteiger partial charge in [0.05, 0.1) is 19.4 Å². The summed E-state index contributed by atoms with van der Waals surface area (Å²) in [6, 6.07) is 15.7. The Kier molecular flexibility index (Phi) is 8.71. The van der Waals surface area contributed by atoms with E-state index >= 15 is 0 Å². The Bertz CT molecular complexity index is 1090. The smallest absolute Gasteiger partial charge is 0.330 e. The van der Waals surface area contributed by atoms with Crippen LogP contribution in [0.25, 0.3) is 23.4 Å². The Balaban J connectivity index is 1.92. The molecule has 7 heteroatoms. The molecular formula is C26H27N3O4. The van der Waals surface area contributed by atoms with E-state index in [1.54, 1.807) is 30.7 Å². The molecule has 7 nitrogen and oxygen atoms in total. The second kappa shape index (κ2) is 12.1. The van der Waals surface area contributed by atoms with E-state index in [1.165, 1.54) is 17.7 Å². The van der Waals surface area contributed by atoms with Gasteiger partial charge in [-0.3, -0.25) is 4.68 Å². The van der Waals surface area contributed by atoms with Gasteiger partial charge in [0.1, 0.15) is 5.69 Å². The lowest BCUT2D eigenvalue weighted by atomic mass is 9.97. The van der Waals surface area contributed by atoms with Crippen LogP contribution in [0.15, 0.2) is 66.9 Å². The van der Waals surface area contributed by atoms with E-state index in [0.717, 1.165) is 23.1 Å². The Hall–Kier alpha value is -4.00. The molecule has 0 saturated heterocycles. The summed E-state index contributed by atoms with van der Waals surface area (Å²) in [6.07, 6.45) is 8.80. The first-order valence-corrected chi connectivity index (χ1v) is 10.9. The number of hydrogen-bond donors (Lipinski definition) is 0. The molecule has 1 heterocycles. The molecule has 170 valence electrons. The number of aryl methyl sites for hydroxylation is 2. The van der Waals surface area contributed by atoms with Gasteiger partial charge in [-0.25, -0.2) is 9.59 Å². The van der Waals surface area contributed by atoms with Crippen LogP contribution < -0.4 is 0 Å². The minimum Gasteiger partial charge on any atom is -0.463 e. The zero-order valence-electron chi connectivity index (χ0n) is 18.8. The summed E-state index contributed by atoms with van der Waals surface area (Å²) >= 11 is 0. The molecule has 0 fully saturated rings. The van der Waals surface area contributed by atoms with Gasteiger partial charge in [0.15, 0.2) is 0 Å². The minimum absolute atomic E-state index is 0.300. The van der Waals surface area contributed by atoms with Gasteiger partial charge in [-0.2, -0.15) is 0 Å². The molecule has 1 aromatic heterocycles. The molecule has 0 bridgehead atoms. The van der Waals surface area contributed by atoms with Crippen molar-refractivity contribution in [2.24, 2.45) is 0 Å². The number of hydrogen-bond acceptors (Lipinski definition) is 6. The maximum Gasteiger partial charge on any atom is 0.330 e. The van der Waals surface area contributed by atoms with Gasteiger partial charge >= 0.3 is 11.9 Å². The second-order valence-electron chi connectivity index (χ2n) is 7.08. The lowest BCUT2D eigenvalue weighted by Crippen LogP contribution is -2.01. The fourth-order valence-electron chi connectivity index (χ4n) is 3.27. The second-order valence-corrected chi connectivity index (χ2v) is 7.08. The first kappa shape index (κ1) is 23.7. The van der Waals surface area contributed by atoms with E-state index in [4.69, 9.17) is 9.47 Å². The third-order valence-corrected chi connectivity index (χ3v) is 4.77. The zero-order valence-corrected chi connectivity index (χ0v) is 18.8. The van der Waals surface area contributed by atoms with Crippen molar-refractivity contribution in [2.75, 3.05) is 13.2 Å². The van der Waals surface area contributed by atoms with Crippen molar-refractivity contribution in [3.63, 3.8) is 0 Å². The number of carbonyl (C=O) groups is 2. The average molecular weight is 446 g/mol. The molecule has 0 N–H and O–H groups in total. The van der Waals surface area contributed by atoms with Crippen LogP contribution in [0, 0.1) is 0 Å². The number of rotatable bonds is 10.